The van der Waals surface area contributed by atoms with Crippen LogP contribution in [0.4, 0.5) is 16.3 Å². The zero-order valence-corrected chi connectivity index (χ0v) is 17.1. The third-order valence-corrected chi connectivity index (χ3v) is 4.01. The Kier molecular flexibility index (Phi) is 9.24. The van der Waals surface area contributed by atoms with Crippen LogP contribution in [0.3, 0.4) is 0 Å². The molecule has 29 heavy (non-hydrogen) atoms. The van der Waals surface area contributed by atoms with Gasteiger partial charge in [0.15, 0.2) is 0 Å². The number of hydrazine groups is 1. The van der Waals surface area contributed by atoms with Crippen molar-refractivity contribution in [1.82, 2.24) is 15.6 Å². The second kappa shape index (κ2) is 12.2. The van der Waals surface area contributed by atoms with E-state index in [-0.39, 0.29) is 6.03 Å². The number of nitrogens with one attached hydrogen (secondary N) is 3. The predicted octanol–water partition coefficient (Wildman–Crippen LogP) is 3.54. The van der Waals surface area contributed by atoms with Gasteiger partial charge >= 0.3 is 6.03 Å². The second-order valence-corrected chi connectivity index (χ2v) is 6.36. The van der Waals surface area contributed by atoms with Crippen molar-refractivity contribution in [3.05, 3.63) is 78.3 Å². The van der Waals surface area contributed by atoms with Crippen LogP contribution in [-0.2, 0) is 6.42 Å². The quantitative estimate of drug-likeness (QED) is 0.281. The molecule has 2 amide bonds. The molecule has 154 valence electrons. The van der Waals surface area contributed by atoms with Crippen molar-refractivity contribution in [3.63, 3.8) is 0 Å². The van der Waals surface area contributed by atoms with Crippen molar-refractivity contribution in [2.45, 2.75) is 26.7 Å². The molecule has 7 heteroatoms. The first-order chi connectivity index (χ1) is 14.1. The minimum atomic E-state index is -0.326. The lowest BCUT2D eigenvalue weighted by molar-refractivity contribution is 0.243. The summed E-state index contributed by atoms with van der Waals surface area (Å²) >= 11 is 0. The lowest BCUT2D eigenvalue weighted by Gasteiger charge is -2.22. The SMILES string of the molecule is C/C=C\C=C(\NC(=O)NCCc1cccc(NCCC)n1)N(N)c1ccccc1. The third-order valence-electron chi connectivity index (χ3n) is 4.01. The molecule has 0 fully saturated rings. The highest BCUT2D eigenvalue weighted by Crippen LogP contribution is 2.13. The van der Waals surface area contributed by atoms with E-state index >= 15 is 0 Å². The first-order valence-electron chi connectivity index (χ1n) is 9.81. The number of carbonyl (C=O) groups excluding carboxylic acids is 1. The number of urea groups is 1. The second-order valence-electron chi connectivity index (χ2n) is 6.36. The first kappa shape index (κ1) is 22.0. The molecular formula is C22H30N6O. The highest BCUT2D eigenvalue weighted by molar-refractivity contribution is 5.77. The predicted molar refractivity (Wildman–Crippen MR) is 119 cm³/mol. The summed E-state index contributed by atoms with van der Waals surface area (Å²) in [5.74, 6) is 7.50. The molecule has 0 saturated carbocycles. The van der Waals surface area contributed by atoms with E-state index in [4.69, 9.17) is 5.84 Å². The minimum Gasteiger partial charge on any atom is -0.370 e. The van der Waals surface area contributed by atoms with Crippen LogP contribution in [-0.4, -0.2) is 24.1 Å². The summed E-state index contributed by atoms with van der Waals surface area (Å²) in [6.45, 7) is 5.35. The van der Waals surface area contributed by atoms with Gasteiger partial charge in [0.25, 0.3) is 0 Å². The molecule has 0 saturated heterocycles. The van der Waals surface area contributed by atoms with Crippen molar-refractivity contribution in [2.24, 2.45) is 5.84 Å². The van der Waals surface area contributed by atoms with E-state index in [9.17, 15) is 4.79 Å². The summed E-state index contributed by atoms with van der Waals surface area (Å²) in [7, 11) is 0. The molecule has 0 aliphatic heterocycles. The van der Waals surface area contributed by atoms with Crippen LogP contribution < -0.4 is 26.8 Å². The van der Waals surface area contributed by atoms with Crippen LogP contribution in [0.15, 0.2) is 72.6 Å². The molecule has 2 rings (SSSR count). The van der Waals surface area contributed by atoms with Crippen LogP contribution in [0.1, 0.15) is 26.0 Å². The van der Waals surface area contributed by atoms with Crippen LogP contribution in [0, 0.1) is 0 Å². The summed E-state index contributed by atoms with van der Waals surface area (Å²) < 4.78 is 0. The molecule has 7 nitrogen and oxygen atoms in total. The topological polar surface area (TPSA) is 95.3 Å². The molecule has 1 heterocycles. The van der Waals surface area contributed by atoms with Crippen LogP contribution >= 0.6 is 0 Å². The van der Waals surface area contributed by atoms with Crippen molar-refractivity contribution in [2.75, 3.05) is 23.4 Å². The van der Waals surface area contributed by atoms with Crippen molar-refractivity contribution < 1.29 is 4.79 Å². The maximum Gasteiger partial charge on any atom is 0.320 e. The molecule has 0 bridgehead atoms. The molecule has 0 atom stereocenters. The monoisotopic (exact) mass is 394 g/mol. The number of hydrogen-bond acceptors (Lipinski definition) is 5. The Bertz CT molecular complexity index is 819. The molecule has 2 aromatic rings. The van der Waals surface area contributed by atoms with Gasteiger partial charge in [-0.2, -0.15) is 0 Å². The number of pyridine rings is 1. The van der Waals surface area contributed by atoms with Crippen molar-refractivity contribution in [1.29, 1.82) is 0 Å². The molecule has 0 unspecified atom stereocenters. The molecule has 1 aromatic carbocycles. The average Bonchev–Trinajstić information content (AvgIpc) is 2.75. The number of anilines is 2. The largest absolute Gasteiger partial charge is 0.370 e. The lowest BCUT2D eigenvalue weighted by Crippen LogP contribution is -2.44. The van der Waals surface area contributed by atoms with Crippen molar-refractivity contribution >= 4 is 17.5 Å². The Morgan fingerprint density at radius 3 is 2.66 bits per heavy atom. The van der Waals surface area contributed by atoms with E-state index in [1.54, 1.807) is 6.08 Å². The lowest BCUT2D eigenvalue weighted by atomic mass is 10.2. The van der Waals surface area contributed by atoms with Crippen LogP contribution in [0.2, 0.25) is 0 Å². The number of carbonyl (C=O) groups is 1. The summed E-state index contributed by atoms with van der Waals surface area (Å²) in [4.78, 5) is 16.9. The Labute approximate surface area is 172 Å². The maximum atomic E-state index is 12.3. The number of para-hydroxylation sites is 1. The molecule has 1 aromatic heterocycles. The molecular weight excluding hydrogens is 364 g/mol. The van der Waals surface area contributed by atoms with Gasteiger partial charge in [-0.05, 0) is 43.7 Å². The number of benzene rings is 1. The fourth-order valence-electron chi connectivity index (χ4n) is 2.53. The number of allylic oxidation sites excluding steroid dienone is 3. The summed E-state index contributed by atoms with van der Waals surface area (Å²) in [6.07, 6.45) is 7.10. The number of nitrogens with two attached hydrogens (primary N) is 1. The van der Waals surface area contributed by atoms with E-state index in [2.05, 4.69) is 27.9 Å². The minimum absolute atomic E-state index is 0.326. The van der Waals surface area contributed by atoms with Gasteiger partial charge in [0, 0.05) is 25.2 Å². The number of nitrogens with zero attached hydrogens (tertiary/aromatic N) is 2. The molecule has 0 aliphatic rings. The number of hydrogen-bond donors (Lipinski definition) is 4. The van der Waals surface area contributed by atoms with Gasteiger partial charge in [-0.3, -0.25) is 10.3 Å². The fourth-order valence-corrected chi connectivity index (χ4v) is 2.53. The van der Waals surface area contributed by atoms with E-state index in [0.717, 1.165) is 30.2 Å². The van der Waals surface area contributed by atoms with Gasteiger partial charge in [-0.1, -0.05) is 43.3 Å². The normalized spacial score (nSPS) is 11.3. The van der Waals surface area contributed by atoms with Crippen LogP contribution in [0.25, 0.3) is 0 Å². The molecule has 5 N–H and O–H groups in total. The first-order valence-corrected chi connectivity index (χ1v) is 9.81. The number of aromatic nitrogens is 1. The Balaban J connectivity index is 1.90. The van der Waals surface area contributed by atoms with Crippen molar-refractivity contribution in [3.8, 4) is 0 Å². The summed E-state index contributed by atoms with van der Waals surface area (Å²) in [5.41, 5.74) is 1.69. The van der Waals surface area contributed by atoms with Crippen LogP contribution in [0.5, 0.6) is 0 Å². The van der Waals surface area contributed by atoms with Gasteiger partial charge < -0.3 is 10.6 Å². The standard InChI is InChI=1S/C22H30N6O/c1-3-5-14-21(28(23)19-11-7-6-8-12-19)27-22(29)25-17-15-18-10-9-13-20(26-18)24-16-4-2/h3,5-14H,4,15-17,23H2,1-2H3,(H,24,26)(H2,25,27,29)/b5-3-,21-14-. The fraction of sp³-hybridized carbons (Fsp3) is 0.273. The highest BCUT2D eigenvalue weighted by Gasteiger charge is 2.10. The smallest absolute Gasteiger partial charge is 0.320 e. The number of rotatable bonds is 10. The van der Waals surface area contributed by atoms with Gasteiger partial charge in [-0.25, -0.2) is 15.6 Å². The summed E-state index contributed by atoms with van der Waals surface area (Å²) in [6, 6.07) is 15.0. The van der Waals surface area contributed by atoms with E-state index in [0.29, 0.717) is 18.8 Å². The molecule has 0 spiro atoms. The Hall–Kier alpha value is -3.32. The number of amides is 2. The zero-order chi connectivity index (χ0) is 20.9. The van der Waals surface area contributed by atoms with Gasteiger partial charge in [0.1, 0.15) is 11.6 Å². The van der Waals surface area contributed by atoms with E-state index < -0.39 is 0 Å². The summed E-state index contributed by atoms with van der Waals surface area (Å²) in [5, 5.41) is 10.4. The van der Waals surface area contributed by atoms with Gasteiger partial charge in [0.2, 0.25) is 0 Å². The Morgan fingerprint density at radius 2 is 1.93 bits per heavy atom. The molecule has 0 radical (unpaired) electrons. The molecule has 0 aliphatic carbocycles. The zero-order valence-electron chi connectivity index (χ0n) is 17.1. The third kappa shape index (κ3) is 7.67. The van der Waals surface area contributed by atoms with E-state index in [1.165, 1.54) is 5.01 Å². The van der Waals surface area contributed by atoms with Gasteiger partial charge in [0.05, 0.1) is 5.69 Å². The maximum absolute atomic E-state index is 12.3. The van der Waals surface area contributed by atoms with E-state index in [1.807, 2.05) is 67.6 Å². The highest BCUT2D eigenvalue weighted by atomic mass is 16.2. The van der Waals surface area contributed by atoms with Gasteiger partial charge in [-0.15, -0.1) is 0 Å². The average molecular weight is 395 g/mol. The Morgan fingerprint density at radius 1 is 1.14 bits per heavy atom.